The molecule has 1 heterocycles. The Morgan fingerprint density at radius 1 is 1.06 bits per heavy atom. The number of halogens is 1. The molecule has 0 fully saturated rings. The molecular weight excluding hydrogens is 399 g/mol. The molecule has 3 rings (SSSR count). The first-order valence-corrected chi connectivity index (χ1v) is 10.1. The molecule has 0 aliphatic carbocycles. The van der Waals surface area contributed by atoms with Gasteiger partial charge >= 0.3 is 5.69 Å². The maximum atomic E-state index is 13.3. The lowest BCUT2D eigenvalue weighted by Crippen LogP contribution is -2.41. The largest absolute Gasteiger partial charge is 0.383 e. The number of carbonyl (C=O) groups excluding carboxylic acids is 1. The number of aromatic amines is 1. The van der Waals surface area contributed by atoms with E-state index in [9.17, 15) is 18.8 Å². The van der Waals surface area contributed by atoms with Crippen molar-refractivity contribution in [2.75, 3.05) is 10.6 Å². The van der Waals surface area contributed by atoms with Gasteiger partial charge in [0.25, 0.3) is 5.56 Å². The summed E-state index contributed by atoms with van der Waals surface area (Å²) < 4.78 is 14.5. The first-order chi connectivity index (χ1) is 14.9. The molecule has 3 aromatic rings. The van der Waals surface area contributed by atoms with Crippen LogP contribution in [0.1, 0.15) is 30.9 Å². The quantitative estimate of drug-likeness (QED) is 0.581. The number of nitrogens with one attached hydrogen (secondary N) is 1. The highest BCUT2D eigenvalue weighted by Gasteiger charge is 2.24. The van der Waals surface area contributed by atoms with Gasteiger partial charge in [-0.2, -0.15) is 0 Å². The van der Waals surface area contributed by atoms with Crippen LogP contribution < -0.4 is 21.9 Å². The molecule has 0 aliphatic heterocycles. The fourth-order valence-electron chi connectivity index (χ4n) is 3.31. The second-order valence-electron chi connectivity index (χ2n) is 7.27. The predicted octanol–water partition coefficient (Wildman–Crippen LogP) is 2.83. The lowest BCUT2D eigenvalue weighted by atomic mass is 10.1. The number of carbonyl (C=O) groups is 1. The summed E-state index contributed by atoms with van der Waals surface area (Å²) in [5.74, 6) is -0.847. The van der Waals surface area contributed by atoms with Gasteiger partial charge in [-0.1, -0.05) is 55.8 Å². The Balaban J connectivity index is 2.05. The van der Waals surface area contributed by atoms with Crippen molar-refractivity contribution in [3.05, 3.63) is 92.4 Å². The standard InChI is InChI=1S/C23H25FN4O3/c1-2-3-13-27-21(25)20(22(30)26-23(27)31)28(15-17-7-5-4-6-8-17)19(29)14-16-9-11-18(24)12-10-16/h4-12H,2-3,13-15,25H2,1H3,(H,26,30,31). The van der Waals surface area contributed by atoms with Crippen molar-refractivity contribution in [1.29, 1.82) is 0 Å². The van der Waals surface area contributed by atoms with Gasteiger partial charge in [-0.3, -0.25) is 24.0 Å². The van der Waals surface area contributed by atoms with Gasteiger partial charge in [0, 0.05) is 6.54 Å². The average Bonchev–Trinajstić information content (AvgIpc) is 2.75. The number of nitrogens with zero attached hydrogens (tertiary/aromatic N) is 2. The molecule has 7 nitrogen and oxygen atoms in total. The molecule has 0 spiro atoms. The van der Waals surface area contributed by atoms with Crippen LogP contribution in [-0.2, 0) is 24.3 Å². The average molecular weight is 424 g/mol. The number of nitrogens with two attached hydrogens (primary N) is 1. The number of nitrogen functional groups attached to an aromatic ring is 1. The van der Waals surface area contributed by atoms with Gasteiger partial charge in [0.1, 0.15) is 11.6 Å². The summed E-state index contributed by atoms with van der Waals surface area (Å²) in [6, 6.07) is 14.7. The fraction of sp³-hybridized carbons (Fsp3) is 0.261. The van der Waals surface area contributed by atoms with Crippen molar-refractivity contribution < 1.29 is 9.18 Å². The molecule has 1 amide bonds. The summed E-state index contributed by atoms with van der Waals surface area (Å²) >= 11 is 0. The fourth-order valence-corrected chi connectivity index (χ4v) is 3.31. The second-order valence-corrected chi connectivity index (χ2v) is 7.27. The lowest BCUT2D eigenvalue weighted by Gasteiger charge is -2.25. The molecule has 0 radical (unpaired) electrons. The van der Waals surface area contributed by atoms with Gasteiger partial charge < -0.3 is 5.73 Å². The smallest absolute Gasteiger partial charge is 0.330 e. The first-order valence-electron chi connectivity index (χ1n) is 10.1. The third kappa shape index (κ3) is 5.28. The van der Waals surface area contributed by atoms with E-state index in [4.69, 9.17) is 5.73 Å². The Labute approximate surface area is 178 Å². The van der Waals surface area contributed by atoms with Crippen LogP contribution in [0.25, 0.3) is 0 Å². The number of H-pyrrole nitrogens is 1. The molecular formula is C23H25FN4O3. The van der Waals surface area contributed by atoms with Gasteiger partial charge in [0.2, 0.25) is 5.91 Å². The summed E-state index contributed by atoms with van der Waals surface area (Å²) in [6.07, 6.45) is 1.47. The molecule has 162 valence electrons. The number of rotatable bonds is 8. The highest BCUT2D eigenvalue weighted by atomic mass is 19.1. The van der Waals surface area contributed by atoms with Crippen molar-refractivity contribution in [3.8, 4) is 0 Å². The second kappa shape index (κ2) is 9.88. The van der Waals surface area contributed by atoms with E-state index in [1.807, 2.05) is 37.3 Å². The van der Waals surface area contributed by atoms with Gasteiger partial charge in [-0.15, -0.1) is 0 Å². The van der Waals surface area contributed by atoms with Crippen LogP contribution in [0.2, 0.25) is 0 Å². The summed E-state index contributed by atoms with van der Waals surface area (Å²) in [5, 5.41) is 0. The summed E-state index contributed by atoms with van der Waals surface area (Å²) in [5.41, 5.74) is 6.23. The molecule has 1 aromatic heterocycles. The zero-order chi connectivity index (χ0) is 22.4. The van der Waals surface area contributed by atoms with E-state index in [2.05, 4.69) is 4.98 Å². The van der Waals surface area contributed by atoms with Gasteiger partial charge in [-0.25, -0.2) is 9.18 Å². The van der Waals surface area contributed by atoms with Crippen molar-refractivity contribution in [2.45, 2.75) is 39.3 Å². The molecule has 0 saturated heterocycles. The maximum Gasteiger partial charge on any atom is 0.330 e. The molecule has 0 bridgehead atoms. The van der Waals surface area contributed by atoms with E-state index >= 15 is 0 Å². The van der Waals surface area contributed by atoms with Crippen LogP contribution in [0, 0.1) is 5.82 Å². The van der Waals surface area contributed by atoms with Gasteiger partial charge in [-0.05, 0) is 29.7 Å². The first kappa shape index (κ1) is 22.0. The molecule has 8 heteroatoms. The number of hydrogen-bond donors (Lipinski definition) is 2. The molecule has 0 saturated carbocycles. The maximum absolute atomic E-state index is 13.3. The van der Waals surface area contributed by atoms with E-state index in [1.54, 1.807) is 0 Å². The number of benzene rings is 2. The summed E-state index contributed by atoms with van der Waals surface area (Å²) in [4.78, 5) is 41.8. The Bertz CT molecular complexity index is 1150. The number of unbranched alkanes of at least 4 members (excludes halogenated alkanes) is 1. The number of hydrogen-bond acceptors (Lipinski definition) is 4. The zero-order valence-electron chi connectivity index (χ0n) is 17.3. The predicted molar refractivity (Wildman–Crippen MR) is 118 cm³/mol. The van der Waals surface area contributed by atoms with Crippen molar-refractivity contribution in [2.24, 2.45) is 0 Å². The van der Waals surface area contributed by atoms with E-state index < -0.39 is 23.0 Å². The Kier molecular flexibility index (Phi) is 7.02. The van der Waals surface area contributed by atoms with Crippen LogP contribution in [0.4, 0.5) is 15.9 Å². The van der Waals surface area contributed by atoms with E-state index in [0.29, 0.717) is 18.5 Å². The van der Waals surface area contributed by atoms with E-state index in [-0.39, 0.29) is 24.5 Å². The van der Waals surface area contributed by atoms with Crippen LogP contribution in [0.3, 0.4) is 0 Å². The topological polar surface area (TPSA) is 101 Å². The zero-order valence-corrected chi connectivity index (χ0v) is 17.3. The molecule has 0 aliphatic rings. The van der Waals surface area contributed by atoms with Gasteiger partial charge in [0.05, 0.1) is 13.0 Å². The number of anilines is 2. The SMILES string of the molecule is CCCCn1c(N)c(N(Cc2ccccc2)C(=O)Cc2ccc(F)cc2)c(=O)[nH]c1=O. The monoisotopic (exact) mass is 424 g/mol. The minimum atomic E-state index is -0.723. The Hall–Kier alpha value is -3.68. The molecule has 0 atom stereocenters. The third-order valence-electron chi connectivity index (χ3n) is 4.97. The molecule has 31 heavy (non-hydrogen) atoms. The lowest BCUT2D eigenvalue weighted by molar-refractivity contribution is -0.118. The Morgan fingerprint density at radius 3 is 2.39 bits per heavy atom. The normalized spacial score (nSPS) is 10.8. The van der Waals surface area contributed by atoms with Crippen LogP contribution in [-0.4, -0.2) is 15.5 Å². The van der Waals surface area contributed by atoms with E-state index in [0.717, 1.165) is 12.0 Å². The molecule has 2 aromatic carbocycles. The van der Waals surface area contributed by atoms with E-state index in [1.165, 1.54) is 33.7 Å². The summed E-state index contributed by atoms with van der Waals surface area (Å²) in [7, 11) is 0. The van der Waals surface area contributed by atoms with Gasteiger partial charge in [0.15, 0.2) is 5.69 Å². The highest BCUT2D eigenvalue weighted by Crippen LogP contribution is 2.21. The van der Waals surface area contributed by atoms with Crippen molar-refractivity contribution >= 4 is 17.4 Å². The number of aromatic nitrogens is 2. The highest BCUT2D eigenvalue weighted by molar-refractivity contribution is 5.96. The minimum Gasteiger partial charge on any atom is -0.383 e. The van der Waals surface area contributed by atoms with Crippen LogP contribution in [0.15, 0.2) is 64.2 Å². The van der Waals surface area contributed by atoms with Crippen molar-refractivity contribution in [1.82, 2.24) is 9.55 Å². The summed E-state index contributed by atoms with van der Waals surface area (Å²) in [6.45, 7) is 2.40. The molecule has 0 unspecified atom stereocenters. The third-order valence-corrected chi connectivity index (χ3v) is 4.97. The molecule has 3 N–H and O–H groups in total. The van der Waals surface area contributed by atoms with Crippen molar-refractivity contribution in [3.63, 3.8) is 0 Å². The minimum absolute atomic E-state index is 0.0504. The Morgan fingerprint density at radius 2 is 1.74 bits per heavy atom. The van der Waals surface area contributed by atoms with Crippen LogP contribution in [0.5, 0.6) is 0 Å². The van der Waals surface area contributed by atoms with Crippen LogP contribution >= 0.6 is 0 Å². The number of amides is 1.